The van der Waals surface area contributed by atoms with Crippen LogP contribution in [0, 0.1) is 0 Å². The van der Waals surface area contributed by atoms with E-state index in [4.69, 9.17) is 5.73 Å². The van der Waals surface area contributed by atoms with Crippen LogP contribution < -0.4 is 5.73 Å². The number of hydrogen-bond donors (Lipinski definition) is 1. The van der Waals surface area contributed by atoms with E-state index in [1.54, 1.807) is 0 Å². The molecule has 0 radical (unpaired) electrons. The zero-order valence-electron chi connectivity index (χ0n) is 9.62. The van der Waals surface area contributed by atoms with Crippen LogP contribution in [0.5, 0.6) is 0 Å². The first-order valence-corrected chi connectivity index (χ1v) is 5.59. The molecule has 1 unspecified atom stereocenters. The molecule has 15 heavy (non-hydrogen) atoms. The van der Waals surface area contributed by atoms with Gasteiger partial charge in [0.15, 0.2) is 0 Å². The van der Waals surface area contributed by atoms with Crippen molar-refractivity contribution in [1.82, 2.24) is 0 Å². The van der Waals surface area contributed by atoms with Crippen LogP contribution in [-0.4, -0.2) is 18.0 Å². The molecule has 0 aromatic rings. The lowest BCUT2D eigenvalue weighted by Crippen LogP contribution is -2.25. The minimum Gasteiger partial charge on any atom is -0.393 e. The molecule has 0 aliphatic carbocycles. The first-order valence-electron chi connectivity index (χ1n) is 5.59. The van der Waals surface area contributed by atoms with Gasteiger partial charge in [-0.3, -0.25) is 9.59 Å². The summed E-state index contributed by atoms with van der Waals surface area (Å²) in [5, 5.41) is 0. The second-order valence-electron chi connectivity index (χ2n) is 3.68. The highest BCUT2D eigenvalue weighted by atomic mass is 16.6. The standard InChI is InChI=1S/C11H21NO3/c1-3-5-6-7-10(13)15-11(14)8-9(12)4-2/h9H,3-8,12H2,1-2H3. The maximum Gasteiger partial charge on any atom is 0.315 e. The Morgan fingerprint density at radius 1 is 1.20 bits per heavy atom. The number of esters is 2. The molecule has 0 bridgehead atoms. The van der Waals surface area contributed by atoms with Gasteiger partial charge in [-0.05, 0) is 12.8 Å². The van der Waals surface area contributed by atoms with Crippen LogP contribution in [0.15, 0.2) is 0 Å². The minimum atomic E-state index is -0.508. The van der Waals surface area contributed by atoms with Crippen molar-refractivity contribution in [2.24, 2.45) is 5.73 Å². The molecule has 0 spiro atoms. The Kier molecular flexibility index (Phi) is 7.91. The van der Waals surface area contributed by atoms with E-state index in [-0.39, 0.29) is 12.5 Å². The van der Waals surface area contributed by atoms with E-state index in [9.17, 15) is 9.59 Å². The zero-order valence-corrected chi connectivity index (χ0v) is 9.62. The first kappa shape index (κ1) is 14.1. The molecule has 0 heterocycles. The summed E-state index contributed by atoms with van der Waals surface area (Å²) in [7, 11) is 0. The summed E-state index contributed by atoms with van der Waals surface area (Å²) in [5.74, 6) is -0.942. The van der Waals surface area contributed by atoms with E-state index in [0.29, 0.717) is 12.8 Å². The Morgan fingerprint density at radius 2 is 1.87 bits per heavy atom. The molecule has 0 aliphatic rings. The van der Waals surface area contributed by atoms with Crippen molar-refractivity contribution in [3.8, 4) is 0 Å². The summed E-state index contributed by atoms with van der Waals surface area (Å²) in [5.41, 5.74) is 5.56. The van der Waals surface area contributed by atoms with Crippen LogP contribution in [0.3, 0.4) is 0 Å². The third kappa shape index (κ3) is 8.12. The highest BCUT2D eigenvalue weighted by molar-refractivity contribution is 5.85. The highest BCUT2D eigenvalue weighted by Gasteiger charge is 2.13. The van der Waals surface area contributed by atoms with Gasteiger partial charge >= 0.3 is 11.9 Å². The number of hydrogen-bond acceptors (Lipinski definition) is 4. The molecule has 1 atom stereocenters. The van der Waals surface area contributed by atoms with Gasteiger partial charge < -0.3 is 10.5 Å². The number of nitrogens with two attached hydrogens (primary N) is 1. The van der Waals surface area contributed by atoms with Crippen molar-refractivity contribution in [2.75, 3.05) is 0 Å². The normalized spacial score (nSPS) is 12.2. The van der Waals surface area contributed by atoms with Gasteiger partial charge in [0, 0.05) is 12.5 Å². The maximum absolute atomic E-state index is 11.1. The lowest BCUT2D eigenvalue weighted by Gasteiger charge is -2.07. The second kappa shape index (κ2) is 8.41. The molecule has 0 amide bonds. The van der Waals surface area contributed by atoms with Crippen LogP contribution in [0.2, 0.25) is 0 Å². The monoisotopic (exact) mass is 215 g/mol. The number of rotatable bonds is 7. The lowest BCUT2D eigenvalue weighted by molar-refractivity contribution is -0.159. The molecule has 4 heteroatoms. The van der Waals surface area contributed by atoms with Gasteiger partial charge in [-0.25, -0.2) is 0 Å². The van der Waals surface area contributed by atoms with Crippen molar-refractivity contribution in [2.45, 2.75) is 58.4 Å². The Labute approximate surface area is 91.2 Å². The molecule has 88 valence electrons. The largest absolute Gasteiger partial charge is 0.393 e. The smallest absolute Gasteiger partial charge is 0.315 e. The summed E-state index contributed by atoms with van der Waals surface area (Å²) >= 11 is 0. The van der Waals surface area contributed by atoms with Crippen LogP contribution in [0.25, 0.3) is 0 Å². The molecule has 0 rings (SSSR count). The van der Waals surface area contributed by atoms with E-state index in [0.717, 1.165) is 19.3 Å². The number of carbonyl (C=O) groups excluding carboxylic acids is 2. The predicted molar refractivity (Wildman–Crippen MR) is 58.1 cm³/mol. The fraction of sp³-hybridized carbons (Fsp3) is 0.818. The SMILES string of the molecule is CCCCCC(=O)OC(=O)CC(N)CC. The Hall–Kier alpha value is -0.900. The number of ether oxygens (including phenoxy) is 1. The Bertz CT molecular complexity index is 204. The molecule has 0 saturated carbocycles. The van der Waals surface area contributed by atoms with Crippen molar-refractivity contribution in [3.05, 3.63) is 0 Å². The van der Waals surface area contributed by atoms with Gasteiger partial charge in [0.05, 0.1) is 6.42 Å². The van der Waals surface area contributed by atoms with Gasteiger partial charge in [0.2, 0.25) is 0 Å². The van der Waals surface area contributed by atoms with Gasteiger partial charge in [-0.1, -0.05) is 26.7 Å². The molecule has 2 N–H and O–H groups in total. The molecule has 0 aliphatic heterocycles. The van der Waals surface area contributed by atoms with Crippen LogP contribution >= 0.6 is 0 Å². The number of carbonyl (C=O) groups is 2. The molecular formula is C11H21NO3. The highest BCUT2D eigenvalue weighted by Crippen LogP contribution is 2.02. The third-order valence-electron chi connectivity index (χ3n) is 2.17. The fourth-order valence-electron chi connectivity index (χ4n) is 1.10. The van der Waals surface area contributed by atoms with Gasteiger partial charge in [0.1, 0.15) is 0 Å². The zero-order chi connectivity index (χ0) is 11.7. The minimum absolute atomic E-state index is 0.121. The van der Waals surface area contributed by atoms with Crippen molar-refractivity contribution in [3.63, 3.8) is 0 Å². The summed E-state index contributed by atoms with van der Waals surface area (Å²) < 4.78 is 4.61. The Balaban J connectivity index is 3.62. The molecular weight excluding hydrogens is 194 g/mol. The van der Waals surface area contributed by atoms with Crippen LogP contribution in [0.4, 0.5) is 0 Å². The Morgan fingerprint density at radius 3 is 2.40 bits per heavy atom. The quantitative estimate of drug-likeness (QED) is 0.399. The van der Waals surface area contributed by atoms with E-state index < -0.39 is 11.9 Å². The average molecular weight is 215 g/mol. The topological polar surface area (TPSA) is 69.4 Å². The second-order valence-corrected chi connectivity index (χ2v) is 3.68. The first-order chi connectivity index (χ1) is 7.10. The van der Waals surface area contributed by atoms with Crippen LogP contribution in [-0.2, 0) is 14.3 Å². The molecule has 4 nitrogen and oxygen atoms in total. The molecule has 0 saturated heterocycles. The van der Waals surface area contributed by atoms with E-state index in [1.165, 1.54) is 0 Å². The van der Waals surface area contributed by atoms with E-state index in [1.807, 2.05) is 6.92 Å². The third-order valence-corrected chi connectivity index (χ3v) is 2.17. The van der Waals surface area contributed by atoms with E-state index in [2.05, 4.69) is 11.7 Å². The summed E-state index contributed by atoms with van der Waals surface area (Å²) in [6, 6.07) is -0.207. The van der Waals surface area contributed by atoms with Gasteiger partial charge in [-0.2, -0.15) is 0 Å². The summed E-state index contributed by atoms with van der Waals surface area (Å²) in [6.07, 6.45) is 3.96. The molecule has 0 aromatic heterocycles. The van der Waals surface area contributed by atoms with E-state index >= 15 is 0 Å². The van der Waals surface area contributed by atoms with Gasteiger partial charge in [0.25, 0.3) is 0 Å². The summed E-state index contributed by atoms with van der Waals surface area (Å²) in [4.78, 5) is 22.2. The maximum atomic E-state index is 11.1. The van der Waals surface area contributed by atoms with Crippen molar-refractivity contribution >= 4 is 11.9 Å². The van der Waals surface area contributed by atoms with Crippen LogP contribution in [0.1, 0.15) is 52.4 Å². The van der Waals surface area contributed by atoms with Crippen molar-refractivity contribution < 1.29 is 14.3 Å². The van der Waals surface area contributed by atoms with Gasteiger partial charge in [-0.15, -0.1) is 0 Å². The summed E-state index contributed by atoms with van der Waals surface area (Å²) in [6.45, 7) is 3.94. The fourth-order valence-corrected chi connectivity index (χ4v) is 1.10. The average Bonchev–Trinajstić information content (AvgIpc) is 2.17. The molecule has 0 aromatic carbocycles. The predicted octanol–water partition coefficient (Wildman–Crippen LogP) is 1.76. The number of unbranched alkanes of at least 4 members (excludes halogenated alkanes) is 2. The van der Waals surface area contributed by atoms with Crippen molar-refractivity contribution in [1.29, 1.82) is 0 Å². The lowest BCUT2D eigenvalue weighted by atomic mass is 10.2. The molecule has 0 fully saturated rings.